The monoisotopic (exact) mass is 293 g/mol. The number of hydrogen-bond donors (Lipinski definition) is 2. The SMILES string of the molecule is CCC(CC)N(CCO)CC(=O)N(C)c1ccc(N)cc1. The van der Waals surface area contributed by atoms with Crippen LogP contribution in [0.3, 0.4) is 0 Å². The largest absolute Gasteiger partial charge is 0.399 e. The van der Waals surface area contributed by atoms with Gasteiger partial charge in [0.2, 0.25) is 5.91 Å². The van der Waals surface area contributed by atoms with E-state index in [0.29, 0.717) is 24.8 Å². The normalized spacial score (nSPS) is 11.1. The van der Waals surface area contributed by atoms with E-state index in [1.165, 1.54) is 0 Å². The smallest absolute Gasteiger partial charge is 0.240 e. The predicted octanol–water partition coefficient (Wildman–Crippen LogP) is 1.71. The highest BCUT2D eigenvalue weighted by atomic mass is 16.3. The van der Waals surface area contributed by atoms with E-state index in [-0.39, 0.29) is 12.5 Å². The first-order valence-electron chi connectivity index (χ1n) is 7.50. The Balaban J connectivity index is 2.73. The van der Waals surface area contributed by atoms with E-state index >= 15 is 0 Å². The Morgan fingerprint density at radius 2 is 1.81 bits per heavy atom. The quantitative estimate of drug-likeness (QED) is 0.716. The van der Waals surface area contributed by atoms with Crippen molar-refractivity contribution in [3.8, 4) is 0 Å². The van der Waals surface area contributed by atoms with Gasteiger partial charge >= 0.3 is 0 Å². The topological polar surface area (TPSA) is 69.8 Å². The van der Waals surface area contributed by atoms with E-state index < -0.39 is 0 Å². The highest BCUT2D eigenvalue weighted by molar-refractivity contribution is 5.94. The molecule has 0 saturated carbocycles. The van der Waals surface area contributed by atoms with Crippen LogP contribution in [0.15, 0.2) is 24.3 Å². The first-order chi connectivity index (χ1) is 10.0. The number of nitrogen functional groups attached to an aromatic ring is 1. The summed E-state index contributed by atoms with van der Waals surface area (Å²) in [5.41, 5.74) is 7.16. The highest BCUT2D eigenvalue weighted by Gasteiger charge is 2.20. The number of aliphatic hydroxyl groups excluding tert-OH is 1. The molecule has 0 atom stereocenters. The minimum atomic E-state index is 0.0140. The molecule has 21 heavy (non-hydrogen) atoms. The zero-order chi connectivity index (χ0) is 15.8. The molecule has 5 nitrogen and oxygen atoms in total. The van der Waals surface area contributed by atoms with Crippen molar-refractivity contribution < 1.29 is 9.90 Å². The number of benzene rings is 1. The second kappa shape index (κ2) is 8.64. The number of hydrogen-bond acceptors (Lipinski definition) is 4. The van der Waals surface area contributed by atoms with Gasteiger partial charge in [0.25, 0.3) is 0 Å². The maximum Gasteiger partial charge on any atom is 0.240 e. The molecule has 0 unspecified atom stereocenters. The number of carbonyl (C=O) groups excluding carboxylic acids is 1. The Morgan fingerprint density at radius 3 is 2.29 bits per heavy atom. The maximum absolute atomic E-state index is 12.4. The lowest BCUT2D eigenvalue weighted by Gasteiger charge is -2.30. The van der Waals surface area contributed by atoms with Gasteiger partial charge < -0.3 is 15.7 Å². The molecule has 0 aromatic heterocycles. The van der Waals surface area contributed by atoms with Crippen LogP contribution in [0.2, 0.25) is 0 Å². The first kappa shape index (κ1) is 17.5. The number of nitrogens with two attached hydrogens (primary N) is 1. The number of amides is 1. The Kier molecular flexibility index (Phi) is 7.19. The molecule has 118 valence electrons. The number of likely N-dealkylation sites (N-methyl/N-ethyl adjacent to an activating group) is 1. The third-order valence-electron chi connectivity index (χ3n) is 3.84. The van der Waals surface area contributed by atoms with Gasteiger partial charge in [-0.15, -0.1) is 0 Å². The van der Waals surface area contributed by atoms with Crippen LogP contribution < -0.4 is 10.6 Å². The Bertz CT molecular complexity index is 430. The summed E-state index contributed by atoms with van der Waals surface area (Å²) < 4.78 is 0. The highest BCUT2D eigenvalue weighted by Crippen LogP contribution is 2.16. The van der Waals surface area contributed by atoms with Gasteiger partial charge in [0.15, 0.2) is 0 Å². The Labute approximate surface area is 127 Å². The van der Waals surface area contributed by atoms with Crippen LogP contribution in [-0.2, 0) is 4.79 Å². The van der Waals surface area contributed by atoms with E-state index in [2.05, 4.69) is 18.7 Å². The average molecular weight is 293 g/mol. The van der Waals surface area contributed by atoms with E-state index in [4.69, 9.17) is 5.73 Å². The first-order valence-corrected chi connectivity index (χ1v) is 7.50. The van der Waals surface area contributed by atoms with Crippen LogP contribution in [0.25, 0.3) is 0 Å². The fraction of sp³-hybridized carbons (Fsp3) is 0.562. The molecule has 1 aromatic rings. The second-order valence-corrected chi connectivity index (χ2v) is 5.21. The summed E-state index contributed by atoms with van der Waals surface area (Å²) >= 11 is 0. The standard InChI is InChI=1S/C16H27N3O2/c1-4-14(5-2)19(10-11-20)12-16(21)18(3)15-8-6-13(17)7-9-15/h6-9,14,20H,4-5,10-12,17H2,1-3H3. The molecule has 0 heterocycles. The third kappa shape index (κ3) is 5.02. The number of carbonyl (C=O) groups is 1. The third-order valence-corrected chi connectivity index (χ3v) is 3.84. The summed E-state index contributed by atoms with van der Waals surface area (Å²) in [6.07, 6.45) is 1.94. The van der Waals surface area contributed by atoms with Gasteiger partial charge in [-0.05, 0) is 37.1 Å². The van der Waals surface area contributed by atoms with Crippen LogP contribution in [0, 0.1) is 0 Å². The van der Waals surface area contributed by atoms with Gasteiger partial charge in [-0.25, -0.2) is 0 Å². The van der Waals surface area contributed by atoms with Crippen molar-refractivity contribution in [2.45, 2.75) is 32.7 Å². The second-order valence-electron chi connectivity index (χ2n) is 5.21. The molecule has 0 radical (unpaired) electrons. The summed E-state index contributed by atoms with van der Waals surface area (Å²) in [7, 11) is 1.76. The van der Waals surface area contributed by atoms with Gasteiger partial charge in [-0.3, -0.25) is 9.69 Å². The molecule has 1 aromatic carbocycles. The Hall–Kier alpha value is -1.59. The molecule has 3 N–H and O–H groups in total. The molecular formula is C16H27N3O2. The van der Waals surface area contributed by atoms with Crippen LogP contribution in [0.5, 0.6) is 0 Å². The molecule has 5 heteroatoms. The zero-order valence-electron chi connectivity index (χ0n) is 13.2. The number of rotatable bonds is 8. The minimum Gasteiger partial charge on any atom is -0.399 e. The fourth-order valence-electron chi connectivity index (χ4n) is 2.45. The predicted molar refractivity (Wildman–Crippen MR) is 87.3 cm³/mol. The molecule has 0 aliphatic carbocycles. The average Bonchev–Trinajstić information content (AvgIpc) is 2.48. The van der Waals surface area contributed by atoms with E-state index in [1.807, 2.05) is 12.1 Å². The van der Waals surface area contributed by atoms with Gasteiger partial charge in [0.05, 0.1) is 13.2 Å². The van der Waals surface area contributed by atoms with Crippen LogP contribution >= 0.6 is 0 Å². The van der Waals surface area contributed by atoms with Crippen LogP contribution in [0.1, 0.15) is 26.7 Å². The molecule has 0 bridgehead atoms. The van der Waals surface area contributed by atoms with Crippen molar-refractivity contribution in [3.05, 3.63) is 24.3 Å². The zero-order valence-corrected chi connectivity index (χ0v) is 13.2. The summed E-state index contributed by atoms with van der Waals surface area (Å²) in [5, 5.41) is 9.20. The van der Waals surface area contributed by atoms with Gasteiger partial charge in [0.1, 0.15) is 0 Å². The van der Waals surface area contributed by atoms with E-state index in [9.17, 15) is 9.90 Å². The molecule has 1 rings (SSSR count). The molecular weight excluding hydrogens is 266 g/mol. The van der Waals surface area contributed by atoms with Crippen LogP contribution in [0.4, 0.5) is 11.4 Å². The number of anilines is 2. The molecule has 0 fully saturated rings. The van der Waals surface area contributed by atoms with Gasteiger partial charge in [-0.1, -0.05) is 13.8 Å². The maximum atomic E-state index is 12.4. The lowest BCUT2D eigenvalue weighted by molar-refractivity contribution is -0.120. The van der Waals surface area contributed by atoms with Gasteiger partial charge in [-0.2, -0.15) is 0 Å². The van der Waals surface area contributed by atoms with E-state index in [0.717, 1.165) is 18.5 Å². The van der Waals surface area contributed by atoms with Crippen molar-refractivity contribution in [1.82, 2.24) is 4.90 Å². The Morgan fingerprint density at radius 1 is 1.24 bits per heavy atom. The summed E-state index contributed by atoms with van der Waals surface area (Å²) in [6, 6.07) is 7.55. The molecule has 0 saturated heterocycles. The fourth-order valence-corrected chi connectivity index (χ4v) is 2.45. The van der Waals surface area contributed by atoms with Crippen molar-refractivity contribution in [2.24, 2.45) is 0 Å². The number of nitrogens with zero attached hydrogens (tertiary/aromatic N) is 2. The van der Waals surface area contributed by atoms with Crippen molar-refractivity contribution >= 4 is 17.3 Å². The van der Waals surface area contributed by atoms with Crippen molar-refractivity contribution in [1.29, 1.82) is 0 Å². The van der Waals surface area contributed by atoms with Crippen molar-refractivity contribution in [2.75, 3.05) is 37.4 Å². The molecule has 0 aliphatic heterocycles. The lowest BCUT2D eigenvalue weighted by atomic mass is 10.1. The number of aliphatic hydroxyl groups is 1. The summed E-state index contributed by atoms with van der Waals surface area (Å²) in [5.74, 6) is 0.0140. The summed E-state index contributed by atoms with van der Waals surface area (Å²) in [4.78, 5) is 16.1. The van der Waals surface area contributed by atoms with E-state index in [1.54, 1.807) is 24.1 Å². The summed E-state index contributed by atoms with van der Waals surface area (Å²) in [6.45, 7) is 5.11. The van der Waals surface area contributed by atoms with Crippen LogP contribution in [-0.4, -0.2) is 48.7 Å². The molecule has 0 aliphatic rings. The molecule has 1 amide bonds. The van der Waals surface area contributed by atoms with Crippen molar-refractivity contribution in [3.63, 3.8) is 0 Å². The lowest BCUT2D eigenvalue weighted by Crippen LogP contribution is -2.44. The van der Waals surface area contributed by atoms with Gasteiger partial charge in [0, 0.05) is 31.0 Å². The molecule has 0 spiro atoms. The minimum absolute atomic E-state index is 0.0140.